The van der Waals surface area contributed by atoms with Gasteiger partial charge < -0.3 is 14.8 Å². The van der Waals surface area contributed by atoms with Crippen LogP contribution in [0.5, 0.6) is 0 Å². The highest BCUT2D eigenvalue weighted by molar-refractivity contribution is 5.78. The predicted molar refractivity (Wildman–Crippen MR) is 90.3 cm³/mol. The van der Waals surface area contributed by atoms with E-state index in [1.54, 1.807) is 4.90 Å². The van der Waals surface area contributed by atoms with E-state index in [1.807, 2.05) is 0 Å². The normalized spacial score (nSPS) is 18.0. The van der Waals surface area contributed by atoms with Gasteiger partial charge in [-0.05, 0) is 30.5 Å². The van der Waals surface area contributed by atoms with Crippen molar-refractivity contribution in [3.05, 3.63) is 47.0 Å². The van der Waals surface area contributed by atoms with Crippen LogP contribution in [0.3, 0.4) is 0 Å². The lowest BCUT2D eigenvalue weighted by Gasteiger charge is -2.32. The van der Waals surface area contributed by atoms with Crippen LogP contribution in [-0.4, -0.2) is 45.2 Å². The lowest BCUT2D eigenvalue weighted by Crippen LogP contribution is -2.39. The molecule has 1 aromatic carbocycles. The van der Waals surface area contributed by atoms with Crippen molar-refractivity contribution in [2.24, 2.45) is 0 Å². The molecule has 2 aliphatic heterocycles. The molecule has 1 fully saturated rings. The van der Waals surface area contributed by atoms with E-state index in [4.69, 9.17) is 0 Å². The van der Waals surface area contributed by atoms with Gasteiger partial charge in [-0.15, -0.1) is 10.2 Å². The lowest BCUT2D eigenvalue weighted by atomic mass is 9.95. The summed E-state index contributed by atoms with van der Waals surface area (Å²) in [6.07, 6.45) is 1.78. The maximum absolute atomic E-state index is 13.3. The summed E-state index contributed by atoms with van der Waals surface area (Å²) in [5.41, 5.74) is 0.495. The first-order valence-corrected chi connectivity index (χ1v) is 8.96. The van der Waals surface area contributed by atoms with Crippen molar-refractivity contribution in [3.63, 3.8) is 0 Å². The molecule has 0 atom stereocenters. The number of rotatable bonds is 3. The van der Waals surface area contributed by atoms with Gasteiger partial charge in [0.15, 0.2) is 11.6 Å². The van der Waals surface area contributed by atoms with E-state index in [1.165, 1.54) is 6.07 Å². The molecular weight excluding hydrogens is 340 g/mol. The smallest absolute Gasteiger partial charge is 0.226 e. The molecule has 8 heteroatoms. The summed E-state index contributed by atoms with van der Waals surface area (Å²) in [5.74, 6) is 0.440. The fourth-order valence-corrected chi connectivity index (χ4v) is 3.74. The summed E-state index contributed by atoms with van der Waals surface area (Å²) in [6.45, 7) is 3.84. The molecule has 0 radical (unpaired) electrons. The maximum atomic E-state index is 13.3. The molecule has 3 heterocycles. The van der Waals surface area contributed by atoms with Crippen LogP contribution in [0.2, 0.25) is 0 Å². The van der Waals surface area contributed by atoms with Crippen molar-refractivity contribution in [2.45, 2.75) is 38.3 Å². The number of fused-ring (bicyclic) bond motifs is 1. The van der Waals surface area contributed by atoms with E-state index in [-0.39, 0.29) is 12.3 Å². The molecule has 138 valence electrons. The highest BCUT2D eigenvalue weighted by Gasteiger charge is 2.28. The van der Waals surface area contributed by atoms with Crippen molar-refractivity contribution in [1.29, 1.82) is 0 Å². The Morgan fingerprint density at radius 1 is 1.15 bits per heavy atom. The first kappa shape index (κ1) is 17.1. The van der Waals surface area contributed by atoms with Gasteiger partial charge in [0.05, 0.1) is 13.0 Å². The largest absolute Gasteiger partial charge is 0.342 e. The maximum Gasteiger partial charge on any atom is 0.226 e. The number of benzene rings is 1. The Morgan fingerprint density at radius 2 is 1.96 bits per heavy atom. The zero-order chi connectivity index (χ0) is 18.1. The molecule has 2 aliphatic rings. The van der Waals surface area contributed by atoms with Crippen LogP contribution >= 0.6 is 0 Å². The SMILES string of the molecule is O=C(Cc1ccc(F)c(F)c1)N1CCC(c2nnc3n2CCNC3)CC1. The minimum Gasteiger partial charge on any atom is -0.342 e. The molecule has 0 spiro atoms. The molecule has 0 aliphatic carbocycles. The van der Waals surface area contributed by atoms with Gasteiger partial charge in [-0.3, -0.25) is 4.79 Å². The average molecular weight is 361 g/mol. The summed E-state index contributed by atoms with van der Waals surface area (Å²) in [4.78, 5) is 14.3. The van der Waals surface area contributed by atoms with E-state index in [2.05, 4.69) is 20.1 Å². The van der Waals surface area contributed by atoms with Crippen molar-refractivity contribution >= 4 is 5.91 Å². The zero-order valence-corrected chi connectivity index (χ0v) is 14.4. The number of hydrogen-bond donors (Lipinski definition) is 1. The second kappa shape index (κ2) is 7.11. The monoisotopic (exact) mass is 361 g/mol. The number of hydrogen-bond acceptors (Lipinski definition) is 4. The number of carbonyl (C=O) groups is 1. The van der Waals surface area contributed by atoms with E-state index in [0.717, 1.165) is 56.3 Å². The number of carbonyl (C=O) groups excluding carboxylic acids is 1. The molecule has 0 bridgehead atoms. The van der Waals surface area contributed by atoms with Crippen LogP contribution in [0.15, 0.2) is 18.2 Å². The molecule has 6 nitrogen and oxygen atoms in total. The van der Waals surface area contributed by atoms with E-state index < -0.39 is 11.6 Å². The van der Waals surface area contributed by atoms with Gasteiger partial charge >= 0.3 is 0 Å². The van der Waals surface area contributed by atoms with Gasteiger partial charge in [0.2, 0.25) is 5.91 Å². The van der Waals surface area contributed by atoms with Crippen LogP contribution in [0.1, 0.15) is 36.0 Å². The van der Waals surface area contributed by atoms with E-state index in [9.17, 15) is 13.6 Å². The Labute approximate surface area is 150 Å². The zero-order valence-electron chi connectivity index (χ0n) is 14.4. The molecular formula is C18H21F2N5O. The van der Waals surface area contributed by atoms with Crippen molar-refractivity contribution in [1.82, 2.24) is 25.0 Å². The van der Waals surface area contributed by atoms with Crippen molar-refractivity contribution in [2.75, 3.05) is 19.6 Å². The van der Waals surface area contributed by atoms with E-state index >= 15 is 0 Å². The summed E-state index contributed by atoms with van der Waals surface area (Å²) >= 11 is 0. The topological polar surface area (TPSA) is 63.1 Å². The Balaban J connectivity index is 1.36. The number of nitrogens with zero attached hydrogens (tertiary/aromatic N) is 4. The second-order valence-corrected chi connectivity index (χ2v) is 6.88. The second-order valence-electron chi connectivity index (χ2n) is 6.88. The van der Waals surface area contributed by atoms with Gasteiger partial charge in [0.1, 0.15) is 11.6 Å². The van der Waals surface area contributed by atoms with Crippen LogP contribution in [-0.2, 0) is 24.3 Å². The fraction of sp³-hybridized carbons (Fsp3) is 0.500. The predicted octanol–water partition coefficient (Wildman–Crippen LogP) is 1.61. The Bertz CT molecular complexity index is 814. The van der Waals surface area contributed by atoms with Crippen LogP contribution in [0.4, 0.5) is 8.78 Å². The number of piperidine rings is 1. The van der Waals surface area contributed by atoms with Gasteiger partial charge in [0.25, 0.3) is 0 Å². The molecule has 4 rings (SSSR count). The lowest BCUT2D eigenvalue weighted by molar-refractivity contribution is -0.131. The Kier molecular flexibility index (Phi) is 4.67. The summed E-state index contributed by atoms with van der Waals surface area (Å²) in [5, 5.41) is 11.9. The summed E-state index contributed by atoms with van der Waals surface area (Å²) in [7, 11) is 0. The third kappa shape index (κ3) is 3.33. The van der Waals surface area contributed by atoms with Gasteiger partial charge in [-0.1, -0.05) is 6.07 Å². The third-order valence-electron chi connectivity index (χ3n) is 5.20. The molecule has 26 heavy (non-hydrogen) atoms. The van der Waals surface area contributed by atoms with Crippen LogP contribution < -0.4 is 5.32 Å². The highest BCUT2D eigenvalue weighted by Crippen LogP contribution is 2.28. The highest BCUT2D eigenvalue weighted by atomic mass is 19.2. The molecule has 1 saturated heterocycles. The summed E-state index contributed by atoms with van der Waals surface area (Å²) in [6, 6.07) is 3.61. The number of nitrogens with one attached hydrogen (secondary N) is 1. The van der Waals surface area contributed by atoms with Gasteiger partial charge in [-0.25, -0.2) is 8.78 Å². The molecule has 2 aromatic rings. The molecule has 1 amide bonds. The molecule has 1 aromatic heterocycles. The van der Waals surface area contributed by atoms with Crippen molar-refractivity contribution < 1.29 is 13.6 Å². The number of likely N-dealkylation sites (tertiary alicyclic amines) is 1. The first-order chi connectivity index (χ1) is 12.6. The Hall–Kier alpha value is -2.35. The first-order valence-electron chi connectivity index (χ1n) is 8.96. The number of amides is 1. The third-order valence-corrected chi connectivity index (χ3v) is 5.20. The van der Waals surface area contributed by atoms with E-state index in [0.29, 0.717) is 24.6 Å². The van der Waals surface area contributed by atoms with Crippen molar-refractivity contribution in [3.8, 4) is 0 Å². The quantitative estimate of drug-likeness (QED) is 0.902. The van der Waals surface area contributed by atoms with Crippen LogP contribution in [0, 0.1) is 11.6 Å². The van der Waals surface area contributed by atoms with Gasteiger partial charge in [0, 0.05) is 32.1 Å². The fourth-order valence-electron chi connectivity index (χ4n) is 3.74. The minimum absolute atomic E-state index is 0.0538. The standard InChI is InChI=1S/C18H21F2N5O/c19-14-2-1-12(9-15(14)20)10-17(26)24-6-3-13(4-7-24)18-23-22-16-11-21-5-8-25(16)18/h1-2,9,13,21H,3-8,10-11H2. The number of aromatic nitrogens is 3. The average Bonchev–Trinajstić information content (AvgIpc) is 3.09. The molecule has 0 unspecified atom stereocenters. The Morgan fingerprint density at radius 3 is 2.73 bits per heavy atom. The number of halogens is 2. The molecule has 0 saturated carbocycles. The van der Waals surface area contributed by atoms with Crippen LogP contribution in [0.25, 0.3) is 0 Å². The minimum atomic E-state index is -0.917. The van der Waals surface area contributed by atoms with Gasteiger partial charge in [-0.2, -0.15) is 0 Å². The summed E-state index contributed by atoms with van der Waals surface area (Å²) < 4.78 is 28.5. The molecule has 1 N–H and O–H groups in total.